The van der Waals surface area contributed by atoms with Gasteiger partial charge in [-0.1, -0.05) is 30.3 Å². The average molecular weight is 242 g/mol. The molecule has 2 aromatic rings. The maximum Gasteiger partial charge on any atom is 0.118 e. The van der Waals surface area contributed by atoms with Crippen LogP contribution in [-0.2, 0) is 11.3 Å². The summed E-state index contributed by atoms with van der Waals surface area (Å²) in [6.07, 6.45) is 0. The van der Waals surface area contributed by atoms with Crippen molar-refractivity contribution in [3.63, 3.8) is 0 Å². The molecule has 0 aliphatic carbocycles. The van der Waals surface area contributed by atoms with E-state index in [2.05, 4.69) is 37.3 Å². The van der Waals surface area contributed by atoms with Gasteiger partial charge in [-0.05, 0) is 41.3 Å². The fourth-order valence-corrected chi connectivity index (χ4v) is 1.98. The van der Waals surface area contributed by atoms with Gasteiger partial charge in [0, 0.05) is 7.11 Å². The highest BCUT2D eigenvalue weighted by Gasteiger charge is 2.02. The molecule has 2 heteroatoms. The lowest BCUT2D eigenvalue weighted by atomic mass is 10.00. The molecule has 2 rings (SSSR count). The largest absolute Gasteiger partial charge is 0.497 e. The number of rotatable bonds is 4. The van der Waals surface area contributed by atoms with E-state index in [0.717, 1.165) is 5.75 Å². The lowest BCUT2D eigenvalue weighted by Crippen LogP contribution is -1.92. The van der Waals surface area contributed by atoms with E-state index in [1.54, 1.807) is 14.2 Å². The van der Waals surface area contributed by atoms with E-state index in [4.69, 9.17) is 9.47 Å². The number of methoxy groups -OCH3 is 2. The Bertz CT molecular complexity index is 515. The summed E-state index contributed by atoms with van der Waals surface area (Å²) in [7, 11) is 3.40. The molecule has 0 saturated carbocycles. The second-order valence-electron chi connectivity index (χ2n) is 4.30. The van der Waals surface area contributed by atoms with Crippen LogP contribution in [0.5, 0.6) is 5.75 Å². The lowest BCUT2D eigenvalue weighted by molar-refractivity contribution is 0.184. The molecule has 2 aromatic carbocycles. The third-order valence-corrected chi connectivity index (χ3v) is 3.07. The first-order valence-corrected chi connectivity index (χ1v) is 5.97. The molecule has 0 N–H and O–H groups in total. The van der Waals surface area contributed by atoms with E-state index in [1.807, 2.05) is 12.1 Å². The Labute approximate surface area is 108 Å². The van der Waals surface area contributed by atoms with Gasteiger partial charge in [0.05, 0.1) is 13.7 Å². The topological polar surface area (TPSA) is 18.5 Å². The predicted octanol–water partition coefficient (Wildman–Crippen LogP) is 3.82. The molecule has 0 aliphatic rings. The summed E-state index contributed by atoms with van der Waals surface area (Å²) in [5, 5.41) is 0. The van der Waals surface area contributed by atoms with Crippen molar-refractivity contribution in [2.24, 2.45) is 0 Å². The zero-order valence-corrected chi connectivity index (χ0v) is 11.1. The van der Waals surface area contributed by atoms with Crippen LogP contribution in [0.4, 0.5) is 0 Å². The maximum absolute atomic E-state index is 5.17. The second-order valence-corrected chi connectivity index (χ2v) is 4.30. The molecular weight excluding hydrogens is 224 g/mol. The Morgan fingerprint density at radius 3 is 2.11 bits per heavy atom. The number of hydrogen-bond acceptors (Lipinski definition) is 2. The first kappa shape index (κ1) is 12.7. The van der Waals surface area contributed by atoms with Crippen molar-refractivity contribution in [3.8, 4) is 16.9 Å². The van der Waals surface area contributed by atoms with E-state index in [1.165, 1.54) is 22.3 Å². The minimum Gasteiger partial charge on any atom is -0.497 e. The van der Waals surface area contributed by atoms with Crippen LogP contribution in [-0.4, -0.2) is 14.2 Å². The summed E-state index contributed by atoms with van der Waals surface area (Å²) in [6, 6.07) is 14.5. The highest BCUT2D eigenvalue weighted by molar-refractivity contribution is 5.65. The minimum absolute atomic E-state index is 0.661. The molecule has 0 radical (unpaired) electrons. The Hall–Kier alpha value is -1.80. The molecule has 2 nitrogen and oxygen atoms in total. The molecule has 18 heavy (non-hydrogen) atoms. The Morgan fingerprint density at radius 1 is 0.889 bits per heavy atom. The minimum atomic E-state index is 0.661. The Kier molecular flexibility index (Phi) is 4.00. The summed E-state index contributed by atoms with van der Waals surface area (Å²) in [6.45, 7) is 2.77. The van der Waals surface area contributed by atoms with Gasteiger partial charge < -0.3 is 9.47 Å². The van der Waals surface area contributed by atoms with Gasteiger partial charge >= 0.3 is 0 Å². The van der Waals surface area contributed by atoms with Crippen LogP contribution in [0, 0.1) is 6.92 Å². The van der Waals surface area contributed by atoms with Gasteiger partial charge in [0.1, 0.15) is 5.75 Å². The van der Waals surface area contributed by atoms with E-state index in [9.17, 15) is 0 Å². The highest BCUT2D eigenvalue weighted by Crippen LogP contribution is 2.24. The SMILES string of the molecule is COCc1ccc(-c2ccc(OC)cc2)cc1C. The fraction of sp³-hybridized carbons (Fsp3) is 0.250. The van der Waals surface area contributed by atoms with Gasteiger partial charge in [-0.2, -0.15) is 0 Å². The number of hydrogen-bond donors (Lipinski definition) is 0. The van der Waals surface area contributed by atoms with Crippen LogP contribution in [0.25, 0.3) is 11.1 Å². The van der Waals surface area contributed by atoms with E-state index in [0.29, 0.717) is 6.61 Å². The molecule has 0 heterocycles. The van der Waals surface area contributed by atoms with Crippen molar-refractivity contribution >= 4 is 0 Å². The zero-order chi connectivity index (χ0) is 13.0. The molecule has 0 unspecified atom stereocenters. The quantitative estimate of drug-likeness (QED) is 0.811. The molecule has 0 bridgehead atoms. The van der Waals surface area contributed by atoms with Crippen LogP contribution in [0.15, 0.2) is 42.5 Å². The van der Waals surface area contributed by atoms with Gasteiger partial charge in [-0.25, -0.2) is 0 Å². The van der Waals surface area contributed by atoms with Crippen LogP contribution in [0.2, 0.25) is 0 Å². The summed E-state index contributed by atoms with van der Waals surface area (Å²) in [5.41, 5.74) is 4.90. The van der Waals surface area contributed by atoms with Crippen molar-refractivity contribution in [1.29, 1.82) is 0 Å². The third-order valence-electron chi connectivity index (χ3n) is 3.07. The summed E-state index contributed by atoms with van der Waals surface area (Å²) in [5.74, 6) is 0.881. The molecule has 0 spiro atoms. The smallest absolute Gasteiger partial charge is 0.118 e. The van der Waals surface area contributed by atoms with Gasteiger partial charge in [0.2, 0.25) is 0 Å². The van der Waals surface area contributed by atoms with Gasteiger partial charge in [-0.3, -0.25) is 0 Å². The van der Waals surface area contributed by atoms with Crippen molar-refractivity contribution in [2.75, 3.05) is 14.2 Å². The molecule has 0 saturated heterocycles. The van der Waals surface area contributed by atoms with Crippen molar-refractivity contribution in [3.05, 3.63) is 53.6 Å². The van der Waals surface area contributed by atoms with E-state index >= 15 is 0 Å². The average Bonchev–Trinajstić information content (AvgIpc) is 2.41. The van der Waals surface area contributed by atoms with Crippen LogP contribution in [0.1, 0.15) is 11.1 Å². The fourth-order valence-electron chi connectivity index (χ4n) is 1.98. The predicted molar refractivity (Wildman–Crippen MR) is 73.9 cm³/mol. The molecule has 0 aromatic heterocycles. The Balaban J connectivity index is 2.30. The van der Waals surface area contributed by atoms with Gasteiger partial charge in [0.15, 0.2) is 0 Å². The summed E-state index contributed by atoms with van der Waals surface area (Å²) < 4.78 is 10.3. The van der Waals surface area contributed by atoms with E-state index < -0.39 is 0 Å². The van der Waals surface area contributed by atoms with Crippen LogP contribution >= 0.6 is 0 Å². The normalized spacial score (nSPS) is 10.4. The lowest BCUT2D eigenvalue weighted by Gasteiger charge is -2.08. The Morgan fingerprint density at radius 2 is 1.56 bits per heavy atom. The third kappa shape index (κ3) is 2.71. The first-order valence-electron chi connectivity index (χ1n) is 5.97. The molecule has 0 aliphatic heterocycles. The maximum atomic E-state index is 5.17. The van der Waals surface area contributed by atoms with Crippen molar-refractivity contribution < 1.29 is 9.47 Å². The molecule has 0 atom stereocenters. The molecule has 0 amide bonds. The number of benzene rings is 2. The molecular formula is C16H18O2. The molecule has 94 valence electrons. The number of ether oxygens (including phenoxy) is 2. The van der Waals surface area contributed by atoms with Gasteiger partial charge in [0.25, 0.3) is 0 Å². The second kappa shape index (κ2) is 5.69. The first-order chi connectivity index (χ1) is 8.74. The zero-order valence-electron chi connectivity index (χ0n) is 11.1. The van der Waals surface area contributed by atoms with E-state index in [-0.39, 0.29) is 0 Å². The van der Waals surface area contributed by atoms with Crippen molar-refractivity contribution in [2.45, 2.75) is 13.5 Å². The van der Waals surface area contributed by atoms with Gasteiger partial charge in [-0.15, -0.1) is 0 Å². The monoisotopic (exact) mass is 242 g/mol. The molecule has 0 fully saturated rings. The van der Waals surface area contributed by atoms with Crippen LogP contribution in [0.3, 0.4) is 0 Å². The van der Waals surface area contributed by atoms with Crippen LogP contribution < -0.4 is 4.74 Å². The summed E-state index contributed by atoms with van der Waals surface area (Å²) >= 11 is 0. The van der Waals surface area contributed by atoms with Crippen molar-refractivity contribution in [1.82, 2.24) is 0 Å². The highest BCUT2D eigenvalue weighted by atomic mass is 16.5. The standard InChI is InChI=1S/C16H18O2/c1-12-10-14(4-5-15(12)11-17-2)13-6-8-16(18-3)9-7-13/h4-10H,11H2,1-3H3. The number of aryl methyl sites for hydroxylation is 1. The summed E-state index contributed by atoms with van der Waals surface area (Å²) in [4.78, 5) is 0.